The summed E-state index contributed by atoms with van der Waals surface area (Å²) in [5, 5.41) is 7.23. The molecule has 6 nitrogen and oxygen atoms in total. The highest BCUT2D eigenvalue weighted by molar-refractivity contribution is 5.90. The van der Waals surface area contributed by atoms with E-state index in [4.69, 9.17) is 4.42 Å². The molecule has 2 aromatic heterocycles. The van der Waals surface area contributed by atoms with E-state index in [1.807, 2.05) is 53.3 Å². The molecule has 0 bridgehead atoms. The van der Waals surface area contributed by atoms with Crippen LogP contribution in [0.2, 0.25) is 0 Å². The third-order valence-electron chi connectivity index (χ3n) is 4.78. The van der Waals surface area contributed by atoms with Gasteiger partial charge < -0.3 is 14.6 Å². The first-order chi connectivity index (χ1) is 13.7. The Morgan fingerprint density at radius 1 is 1.14 bits per heavy atom. The van der Waals surface area contributed by atoms with Crippen LogP contribution >= 0.6 is 0 Å². The van der Waals surface area contributed by atoms with Crippen molar-refractivity contribution in [3.05, 3.63) is 60.6 Å². The lowest BCUT2D eigenvalue weighted by Gasteiger charge is -2.17. The van der Waals surface area contributed by atoms with Crippen LogP contribution in [0, 0.1) is 0 Å². The summed E-state index contributed by atoms with van der Waals surface area (Å²) in [5.41, 5.74) is 1.77. The molecular formula is C22H28N4O2. The Hall–Kier alpha value is -2.86. The van der Waals surface area contributed by atoms with Crippen LogP contribution in [0.1, 0.15) is 26.0 Å². The maximum Gasteiger partial charge on any atom is 0.224 e. The van der Waals surface area contributed by atoms with Gasteiger partial charge in [-0.15, -0.1) is 0 Å². The second-order valence-electron chi connectivity index (χ2n) is 6.70. The average Bonchev–Trinajstić information content (AvgIpc) is 3.37. The maximum absolute atomic E-state index is 12.2. The first-order valence-electron chi connectivity index (χ1n) is 9.86. The first-order valence-corrected chi connectivity index (χ1v) is 9.86. The molecule has 3 aromatic rings. The number of rotatable bonds is 10. The number of amides is 1. The molecule has 1 N–H and O–H groups in total. The van der Waals surface area contributed by atoms with E-state index in [9.17, 15) is 4.79 Å². The van der Waals surface area contributed by atoms with Gasteiger partial charge in [0.1, 0.15) is 11.5 Å². The molecule has 0 atom stereocenters. The van der Waals surface area contributed by atoms with Crippen LogP contribution in [-0.4, -0.2) is 40.2 Å². The number of anilines is 1. The number of furan rings is 1. The molecule has 0 spiro atoms. The SMILES string of the molecule is CCN(CC)CCn1cc(NC(=O)CCc2ccc(-c3ccccc3)o2)cn1. The summed E-state index contributed by atoms with van der Waals surface area (Å²) >= 11 is 0. The number of nitrogens with zero attached hydrogens (tertiary/aromatic N) is 3. The fourth-order valence-corrected chi connectivity index (χ4v) is 3.06. The molecule has 0 fully saturated rings. The molecule has 6 heteroatoms. The maximum atomic E-state index is 12.2. The lowest BCUT2D eigenvalue weighted by Crippen LogP contribution is -2.27. The fraction of sp³-hybridized carbons (Fsp3) is 0.364. The van der Waals surface area contributed by atoms with Gasteiger partial charge in [0.2, 0.25) is 5.91 Å². The van der Waals surface area contributed by atoms with E-state index in [1.54, 1.807) is 6.20 Å². The highest BCUT2D eigenvalue weighted by Crippen LogP contribution is 2.22. The molecule has 0 aliphatic carbocycles. The Morgan fingerprint density at radius 3 is 2.68 bits per heavy atom. The van der Waals surface area contributed by atoms with E-state index in [1.165, 1.54) is 0 Å². The number of nitrogens with one attached hydrogen (secondary N) is 1. The molecule has 1 aromatic carbocycles. The van der Waals surface area contributed by atoms with Crippen molar-refractivity contribution in [3.8, 4) is 11.3 Å². The Labute approximate surface area is 166 Å². The van der Waals surface area contributed by atoms with E-state index < -0.39 is 0 Å². The van der Waals surface area contributed by atoms with Gasteiger partial charge in [0.15, 0.2) is 0 Å². The van der Waals surface area contributed by atoms with Crippen LogP contribution in [0.4, 0.5) is 5.69 Å². The summed E-state index contributed by atoms with van der Waals surface area (Å²) < 4.78 is 7.72. The number of hydrogen-bond donors (Lipinski definition) is 1. The number of carbonyl (C=O) groups excluding carboxylic acids is 1. The lowest BCUT2D eigenvalue weighted by atomic mass is 10.2. The molecule has 0 aliphatic heterocycles. The van der Waals surface area contributed by atoms with Crippen LogP contribution in [0.5, 0.6) is 0 Å². The van der Waals surface area contributed by atoms with Gasteiger partial charge >= 0.3 is 0 Å². The number of benzene rings is 1. The molecule has 3 rings (SSSR count). The summed E-state index contributed by atoms with van der Waals surface area (Å²) in [4.78, 5) is 14.6. The van der Waals surface area contributed by atoms with Crippen LogP contribution in [0.25, 0.3) is 11.3 Å². The van der Waals surface area contributed by atoms with Crippen molar-refractivity contribution in [2.24, 2.45) is 0 Å². The molecule has 0 unspecified atom stereocenters. The summed E-state index contributed by atoms with van der Waals surface area (Å²) in [6.45, 7) is 8.12. The summed E-state index contributed by atoms with van der Waals surface area (Å²) in [5.74, 6) is 1.59. The molecule has 2 heterocycles. The summed E-state index contributed by atoms with van der Waals surface area (Å²) in [6, 6.07) is 13.8. The first kappa shape index (κ1) is 19.9. The standard InChI is InChI=1S/C22H28N4O2/c1-3-25(4-2)14-15-26-17-19(16-23-26)24-22(27)13-11-20-10-12-21(28-20)18-8-6-5-7-9-18/h5-10,12,16-17H,3-4,11,13-15H2,1-2H3,(H,24,27). The van der Waals surface area contributed by atoms with Crippen molar-refractivity contribution in [2.45, 2.75) is 33.2 Å². The number of aryl methyl sites for hydroxylation is 1. The van der Waals surface area contributed by atoms with Gasteiger partial charge in [-0.3, -0.25) is 9.48 Å². The van der Waals surface area contributed by atoms with Gasteiger partial charge in [-0.25, -0.2) is 0 Å². The fourth-order valence-electron chi connectivity index (χ4n) is 3.06. The van der Waals surface area contributed by atoms with Crippen LogP contribution in [-0.2, 0) is 17.8 Å². The van der Waals surface area contributed by atoms with Crippen molar-refractivity contribution in [1.29, 1.82) is 0 Å². The second kappa shape index (κ2) is 9.90. The molecule has 0 radical (unpaired) electrons. The molecule has 0 saturated carbocycles. The topological polar surface area (TPSA) is 63.3 Å². The Bertz CT molecular complexity index is 866. The second-order valence-corrected chi connectivity index (χ2v) is 6.70. The normalized spacial score (nSPS) is 11.1. The Balaban J connectivity index is 1.45. The van der Waals surface area contributed by atoms with E-state index >= 15 is 0 Å². The number of aromatic nitrogens is 2. The summed E-state index contributed by atoms with van der Waals surface area (Å²) in [7, 11) is 0. The molecule has 148 valence electrons. The van der Waals surface area contributed by atoms with Crippen molar-refractivity contribution in [2.75, 3.05) is 25.0 Å². The predicted molar refractivity (Wildman–Crippen MR) is 111 cm³/mol. The van der Waals surface area contributed by atoms with Gasteiger partial charge in [0.05, 0.1) is 18.4 Å². The highest BCUT2D eigenvalue weighted by atomic mass is 16.3. The molecular weight excluding hydrogens is 352 g/mol. The Kier molecular flexibility index (Phi) is 7.03. The quantitative estimate of drug-likeness (QED) is 0.576. The van der Waals surface area contributed by atoms with Gasteiger partial charge in [0, 0.05) is 31.1 Å². The smallest absolute Gasteiger partial charge is 0.224 e. The van der Waals surface area contributed by atoms with Crippen LogP contribution in [0.3, 0.4) is 0 Å². The minimum atomic E-state index is -0.0408. The third-order valence-corrected chi connectivity index (χ3v) is 4.78. The van der Waals surface area contributed by atoms with E-state index in [0.717, 1.165) is 49.0 Å². The molecule has 0 saturated heterocycles. The average molecular weight is 380 g/mol. The lowest BCUT2D eigenvalue weighted by molar-refractivity contribution is -0.116. The van der Waals surface area contributed by atoms with Gasteiger partial charge in [-0.1, -0.05) is 44.2 Å². The van der Waals surface area contributed by atoms with E-state index in [2.05, 4.69) is 29.2 Å². The zero-order valence-corrected chi connectivity index (χ0v) is 16.6. The van der Waals surface area contributed by atoms with Crippen molar-refractivity contribution in [1.82, 2.24) is 14.7 Å². The highest BCUT2D eigenvalue weighted by Gasteiger charge is 2.09. The van der Waals surface area contributed by atoms with Gasteiger partial charge in [-0.05, 0) is 25.2 Å². The minimum Gasteiger partial charge on any atom is -0.461 e. The molecule has 0 aliphatic rings. The van der Waals surface area contributed by atoms with Gasteiger partial charge in [0.25, 0.3) is 0 Å². The van der Waals surface area contributed by atoms with Gasteiger partial charge in [-0.2, -0.15) is 5.10 Å². The molecule has 28 heavy (non-hydrogen) atoms. The monoisotopic (exact) mass is 380 g/mol. The van der Waals surface area contributed by atoms with Crippen LogP contribution in [0.15, 0.2) is 59.3 Å². The molecule has 1 amide bonds. The Morgan fingerprint density at radius 2 is 1.93 bits per heavy atom. The number of carbonyl (C=O) groups is 1. The largest absolute Gasteiger partial charge is 0.461 e. The zero-order valence-electron chi connectivity index (χ0n) is 16.6. The minimum absolute atomic E-state index is 0.0408. The van der Waals surface area contributed by atoms with E-state index in [0.29, 0.717) is 12.8 Å². The van der Waals surface area contributed by atoms with Crippen LogP contribution < -0.4 is 5.32 Å². The zero-order chi connectivity index (χ0) is 19.8. The van der Waals surface area contributed by atoms with E-state index in [-0.39, 0.29) is 5.91 Å². The summed E-state index contributed by atoms with van der Waals surface area (Å²) in [6.07, 6.45) is 4.50. The number of likely N-dealkylation sites (N-methyl/N-ethyl adjacent to an activating group) is 1. The van der Waals surface area contributed by atoms with Crippen molar-refractivity contribution >= 4 is 11.6 Å². The van der Waals surface area contributed by atoms with Crippen molar-refractivity contribution < 1.29 is 9.21 Å². The van der Waals surface area contributed by atoms with Crippen molar-refractivity contribution in [3.63, 3.8) is 0 Å². The number of hydrogen-bond acceptors (Lipinski definition) is 4. The third kappa shape index (κ3) is 5.57. The predicted octanol–water partition coefficient (Wildman–Crippen LogP) is 4.06.